The lowest BCUT2D eigenvalue weighted by molar-refractivity contribution is 0.117. The quantitative estimate of drug-likeness (QED) is 0.668. The van der Waals surface area contributed by atoms with Gasteiger partial charge in [0.1, 0.15) is 5.82 Å². The van der Waals surface area contributed by atoms with E-state index < -0.39 is 0 Å². The molecule has 1 aromatic heterocycles. The van der Waals surface area contributed by atoms with Crippen molar-refractivity contribution in [3.63, 3.8) is 0 Å². The third kappa shape index (κ3) is 4.25. The predicted molar refractivity (Wildman–Crippen MR) is 88.3 cm³/mol. The minimum Gasteiger partial charge on any atom is -0.377 e. The van der Waals surface area contributed by atoms with Gasteiger partial charge in [-0.1, -0.05) is 32.8 Å². The van der Waals surface area contributed by atoms with Crippen LogP contribution in [0.4, 0.5) is 4.39 Å². The normalized spacial score (nSPS) is 11.4. The monoisotopic (exact) mass is 309 g/mol. The Kier molecular flexibility index (Phi) is 6.61. The Bertz CT molecular complexity index is 567. The Hall–Kier alpha value is -0.970. The topological polar surface area (TPSA) is 21.3 Å². The van der Waals surface area contributed by atoms with Crippen LogP contribution in [-0.2, 0) is 17.9 Å². The summed E-state index contributed by atoms with van der Waals surface area (Å²) in [4.78, 5) is 1.19. The van der Waals surface area contributed by atoms with Gasteiger partial charge >= 0.3 is 0 Å². The molecule has 2 rings (SSSR count). The molecule has 0 amide bonds. The van der Waals surface area contributed by atoms with Crippen LogP contribution >= 0.6 is 11.3 Å². The molecule has 0 unspecified atom stereocenters. The number of unbranched alkanes of at least 4 members (excludes halogenated alkanes) is 2. The third-order valence-electron chi connectivity index (χ3n) is 3.52. The molecule has 1 N–H and O–H groups in total. The Morgan fingerprint density at radius 3 is 2.86 bits per heavy atom. The van der Waals surface area contributed by atoms with Crippen LogP contribution in [0, 0.1) is 5.82 Å². The fourth-order valence-corrected chi connectivity index (χ4v) is 3.57. The van der Waals surface area contributed by atoms with Gasteiger partial charge in [0, 0.05) is 33.7 Å². The van der Waals surface area contributed by atoms with Crippen molar-refractivity contribution in [3.05, 3.63) is 34.5 Å². The van der Waals surface area contributed by atoms with E-state index in [0.29, 0.717) is 6.61 Å². The number of hydrogen-bond donors (Lipinski definition) is 1. The highest BCUT2D eigenvalue weighted by Gasteiger charge is 2.15. The highest BCUT2D eigenvalue weighted by molar-refractivity contribution is 7.19. The summed E-state index contributed by atoms with van der Waals surface area (Å²) < 4.78 is 20.9. The summed E-state index contributed by atoms with van der Waals surface area (Å²) in [5.41, 5.74) is 1.02. The molecule has 4 heteroatoms. The van der Waals surface area contributed by atoms with Gasteiger partial charge in [0.25, 0.3) is 0 Å². The second-order valence-corrected chi connectivity index (χ2v) is 6.29. The van der Waals surface area contributed by atoms with Crippen LogP contribution in [0.15, 0.2) is 18.2 Å². The Morgan fingerprint density at radius 2 is 2.10 bits per heavy atom. The number of rotatable bonds is 9. The molecular weight excluding hydrogens is 285 g/mol. The minimum atomic E-state index is -0.140. The first-order valence-corrected chi connectivity index (χ1v) is 8.56. The number of fused-ring (bicyclic) bond motifs is 1. The minimum absolute atomic E-state index is 0.140. The zero-order valence-electron chi connectivity index (χ0n) is 12.9. The fraction of sp³-hybridized carbons (Fsp3) is 0.529. The molecule has 0 bridgehead atoms. The second-order valence-electron chi connectivity index (χ2n) is 5.16. The van der Waals surface area contributed by atoms with E-state index >= 15 is 0 Å². The van der Waals surface area contributed by atoms with Crippen LogP contribution in [0.25, 0.3) is 10.1 Å². The molecule has 0 fully saturated rings. The number of nitrogens with one attached hydrogen (secondary N) is 1. The van der Waals surface area contributed by atoms with E-state index in [1.165, 1.54) is 23.8 Å². The first kappa shape index (κ1) is 16.4. The molecule has 0 saturated heterocycles. The maximum absolute atomic E-state index is 14.1. The number of halogens is 1. The lowest BCUT2D eigenvalue weighted by atomic mass is 10.1. The van der Waals surface area contributed by atoms with Crippen molar-refractivity contribution in [1.82, 2.24) is 5.32 Å². The van der Waals surface area contributed by atoms with Gasteiger partial charge in [-0.25, -0.2) is 4.39 Å². The van der Waals surface area contributed by atoms with Crippen molar-refractivity contribution in [2.24, 2.45) is 0 Å². The highest BCUT2D eigenvalue weighted by Crippen LogP contribution is 2.33. The van der Waals surface area contributed by atoms with Gasteiger partial charge in [0.2, 0.25) is 0 Å². The molecule has 0 aliphatic carbocycles. The number of ether oxygens (including phenoxy) is 1. The molecule has 0 aliphatic heterocycles. The summed E-state index contributed by atoms with van der Waals surface area (Å²) in [7, 11) is 0. The summed E-state index contributed by atoms with van der Waals surface area (Å²) in [5.74, 6) is -0.140. The molecule has 21 heavy (non-hydrogen) atoms. The van der Waals surface area contributed by atoms with Crippen LogP contribution < -0.4 is 5.32 Å². The van der Waals surface area contributed by atoms with Crippen molar-refractivity contribution in [2.75, 3.05) is 13.2 Å². The van der Waals surface area contributed by atoms with Crippen molar-refractivity contribution in [1.29, 1.82) is 0 Å². The molecule has 0 radical (unpaired) electrons. The molecule has 2 nitrogen and oxygen atoms in total. The van der Waals surface area contributed by atoms with Gasteiger partial charge in [-0.2, -0.15) is 0 Å². The van der Waals surface area contributed by atoms with Crippen molar-refractivity contribution >= 4 is 21.4 Å². The van der Waals surface area contributed by atoms with Crippen LogP contribution in [0.1, 0.15) is 43.6 Å². The van der Waals surface area contributed by atoms with Crippen LogP contribution in [-0.4, -0.2) is 13.2 Å². The molecule has 2 aromatic rings. The first-order valence-electron chi connectivity index (χ1n) is 7.75. The smallest absolute Gasteiger partial charge is 0.132 e. The van der Waals surface area contributed by atoms with Crippen LogP contribution in [0.3, 0.4) is 0 Å². The summed E-state index contributed by atoms with van der Waals surface area (Å²) >= 11 is 1.66. The Morgan fingerprint density at radius 1 is 1.24 bits per heavy atom. The molecule has 0 spiro atoms. The zero-order valence-corrected chi connectivity index (χ0v) is 13.7. The maximum atomic E-state index is 14.1. The largest absolute Gasteiger partial charge is 0.377 e. The number of benzene rings is 1. The Balaban J connectivity index is 2.16. The zero-order chi connectivity index (χ0) is 15.1. The number of hydrogen-bond acceptors (Lipinski definition) is 3. The van der Waals surface area contributed by atoms with E-state index in [2.05, 4.69) is 19.2 Å². The predicted octanol–water partition coefficient (Wildman–Crippen LogP) is 4.86. The highest BCUT2D eigenvalue weighted by atomic mass is 32.1. The van der Waals surface area contributed by atoms with Gasteiger partial charge < -0.3 is 10.1 Å². The lowest BCUT2D eigenvalue weighted by Gasteiger charge is -2.07. The van der Waals surface area contributed by atoms with Gasteiger partial charge in [-0.05, 0) is 25.1 Å². The van der Waals surface area contributed by atoms with E-state index in [4.69, 9.17) is 4.74 Å². The molecule has 0 saturated carbocycles. The van der Waals surface area contributed by atoms with E-state index in [1.54, 1.807) is 17.4 Å². The first-order chi connectivity index (χ1) is 10.3. The molecule has 1 aromatic carbocycles. The van der Waals surface area contributed by atoms with E-state index in [9.17, 15) is 4.39 Å². The van der Waals surface area contributed by atoms with Gasteiger partial charge in [-0.3, -0.25) is 0 Å². The average molecular weight is 309 g/mol. The number of thiophene rings is 1. The molecule has 0 atom stereocenters. The molecule has 116 valence electrons. The van der Waals surface area contributed by atoms with Crippen molar-refractivity contribution < 1.29 is 9.13 Å². The van der Waals surface area contributed by atoms with E-state index in [0.717, 1.165) is 41.8 Å². The SMILES string of the molecule is CCCCCOCc1c(CNCC)sc2cccc(F)c12. The Labute approximate surface area is 130 Å². The summed E-state index contributed by atoms with van der Waals surface area (Å²) in [5, 5.41) is 4.07. The summed E-state index contributed by atoms with van der Waals surface area (Å²) in [6.45, 7) is 7.20. The van der Waals surface area contributed by atoms with Gasteiger partial charge in [-0.15, -0.1) is 11.3 Å². The summed E-state index contributed by atoms with van der Waals surface area (Å²) in [6, 6.07) is 5.29. The maximum Gasteiger partial charge on any atom is 0.132 e. The van der Waals surface area contributed by atoms with E-state index in [1.807, 2.05) is 6.07 Å². The van der Waals surface area contributed by atoms with Crippen LogP contribution in [0.5, 0.6) is 0 Å². The standard InChI is InChI=1S/C17H24FNOS/c1-3-5-6-10-20-12-13-16(11-19-4-2)21-15-9-7-8-14(18)17(13)15/h7-9,19H,3-6,10-12H2,1-2H3. The van der Waals surface area contributed by atoms with Crippen molar-refractivity contribution in [3.8, 4) is 0 Å². The van der Waals surface area contributed by atoms with E-state index in [-0.39, 0.29) is 5.82 Å². The third-order valence-corrected chi connectivity index (χ3v) is 4.72. The van der Waals surface area contributed by atoms with Crippen LogP contribution in [0.2, 0.25) is 0 Å². The molecule has 1 heterocycles. The fourth-order valence-electron chi connectivity index (χ4n) is 2.38. The van der Waals surface area contributed by atoms with Gasteiger partial charge in [0.15, 0.2) is 0 Å². The second kappa shape index (κ2) is 8.47. The lowest BCUT2D eigenvalue weighted by Crippen LogP contribution is -2.12. The van der Waals surface area contributed by atoms with Gasteiger partial charge in [0.05, 0.1) is 6.61 Å². The van der Waals surface area contributed by atoms with Crippen molar-refractivity contribution in [2.45, 2.75) is 46.3 Å². The molecule has 0 aliphatic rings. The average Bonchev–Trinajstić information content (AvgIpc) is 2.84. The summed E-state index contributed by atoms with van der Waals surface area (Å²) in [6.07, 6.45) is 3.44. The molecular formula is C17H24FNOS.